The van der Waals surface area contributed by atoms with Crippen molar-refractivity contribution in [3.05, 3.63) is 34.9 Å². The Hall–Kier alpha value is -2.39. The van der Waals surface area contributed by atoms with Crippen LogP contribution in [0.1, 0.15) is 19.8 Å². The first-order valence-corrected chi connectivity index (χ1v) is 9.80. The third kappa shape index (κ3) is 3.57. The number of hydrogen-bond donors (Lipinski definition) is 2. The number of rotatable bonds is 4. The number of fused-ring (bicyclic) bond motifs is 1. The van der Waals surface area contributed by atoms with Gasteiger partial charge >= 0.3 is 0 Å². The van der Waals surface area contributed by atoms with Crippen LogP contribution in [-0.4, -0.2) is 44.4 Å². The van der Waals surface area contributed by atoms with Crippen LogP contribution in [0.25, 0.3) is 11.2 Å². The predicted molar refractivity (Wildman–Crippen MR) is 106 cm³/mol. The third-order valence-electron chi connectivity index (χ3n) is 5.30. The summed E-state index contributed by atoms with van der Waals surface area (Å²) < 4.78 is 1.53. The summed E-state index contributed by atoms with van der Waals surface area (Å²) in [6.45, 7) is 4.82. The van der Waals surface area contributed by atoms with Gasteiger partial charge in [0.2, 0.25) is 0 Å². The number of anilines is 1. The molecule has 0 spiro atoms. The molecule has 1 aliphatic rings. The Balaban J connectivity index is 1.55. The highest BCUT2D eigenvalue weighted by Crippen LogP contribution is 2.33. The van der Waals surface area contributed by atoms with E-state index in [0.29, 0.717) is 16.2 Å². The zero-order valence-corrected chi connectivity index (χ0v) is 16.3. The summed E-state index contributed by atoms with van der Waals surface area (Å²) >= 11 is 1.41. The van der Waals surface area contributed by atoms with E-state index >= 15 is 0 Å². The van der Waals surface area contributed by atoms with E-state index in [-0.39, 0.29) is 11.0 Å². The molecule has 0 saturated carbocycles. The summed E-state index contributed by atoms with van der Waals surface area (Å²) in [4.78, 5) is 24.2. The molecule has 0 unspecified atom stereocenters. The normalized spacial score (nSPS) is 16.8. The molecule has 3 aromatic rings. The highest BCUT2D eigenvalue weighted by molar-refractivity contribution is 7.99. The molecule has 1 aliphatic heterocycles. The highest BCUT2D eigenvalue weighted by Gasteiger charge is 2.29. The quantitative estimate of drug-likeness (QED) is 0.705. The van der Waals surface area contributed by atoms with E-state index in [4.69, 9.17) is 10.7 Å². The van der Waals surface area contributed by atoms with Crippen molar-refractivity contribution in [2.75, 3.05) is 24.5 Å². The van der Waals surface area contributed by atoms with Crippen molar-refractivity contribution in [3.63, 3.8) is 0 Å². The number of aromatic nitrogens is 5. The van der Waals surface area contributed by atoms with Crippen LogP contribution < -0.4 is 16.2 Å². The highest BCUT2D eigenvalue weighted by atomic mass is 32.2. The van der Waals surface area contributed by atoms with Gasteiger partial charge in [0.05, 0.1) is 6.20 Å². The standard InChI is InChI=1S/C18H23N7OS/c1-18(11-19)4-7-25(8-5-18)13-10-20-15-16(21-13)22-23-17(15)27-12-3-6-24(2)14(26)9-12/h3,6,9-10H,4-5,7-8,11,19H2,1-2H3,(H,21,22,23). The molecule has 1 fully saturated rings. The van der Waals surface area contributed by atoms with E-state index in [0.717, 1.165) is 43.2 Å². The Morgan fingerprint density at radius 1 is 1.37 bits per heavy atom. The number of H-pyrrole nitrogens is 1. The molecule has 3 N–H and O–H groups in total. The van der Waals surface area contributed by atoms with Crippen molar-refractivity contribution in [2.45, 2.75) is 29.7 Å². The van der Waals surface area contributed by atoms with E-state index in [1.165, 1.54) is 16.3 Å². The molecular weight excluding hydrogens is 362 g/mol. The molecule has 4 heterocycles. The van der Waals surface area contributed by atoms with Gasteiger partial charge in [-0.3, -0.25) is 9.89 Å². The molecular formula is C18H23N7OS. The third-order valence-corrected chi connectivity index (χ3v) is 6.27. The average molecular weight is 385 g/mol. The van der Waals surface area contributed by atoms with Crippen molar-refractivity contribution in [1.29, 1.82) is 0 Å². The molecule has 8 nitrogen and oxygen atoms in total. The first kappa shape index (κ1) is 18.0. The number of hydrogen-bond acceptors (Lipinski definition) is 7. The molecule has 0 aliphatic carbocycles. The van der Waals surface area contributed by atoms with E-state index in [1.807, 2.05) is 6.07 Å². The SMILES string of the molecule is Cn1ccc(Sc2n[nH]c3nc(N4CCC(C)(CN)CC4)cnc23)cc1=O. The number of aromatic amines is 1. The van der Waals surface area contributed by atoms with Gasteiger partial charge in [-0.05, 0) is 30.9 Å². The van der Waals surface area contributed by atoms with Crippen molar-refractivity contribution in [1.82, 2.24) is 24.7 Å². The van der Waals surface area contributed by atoms with Crippen LogP contribution in [0, 0.1) is 5.41 Å². The molecule has 3 aromatic heterocycles. The average Bonchev–Trinajstić information content (AvgIpc) is 3.07. The van der Waals surface area contributed by atoms with Crippen molar-refractivity contribution < 1.29 is 0 Å². The molecule has 0 aromatic carbocycles. The second-order valence-electron chi connectivity index (χ2n) is 7.37. The van der Waals surface area contributed by atoms with E-state index in [9.17, 15) is 4.79 Å². The van der Waals surface area contributed by atoms with Gasteiger partial charge in [0.15, 0.2) is 10.7 Å². The Kier molecular flexibility index (Phi) is 4.65. The minimum atomic E-state index is -0.0530. The van der Waals surface area contributed by atoms with Crippen LogP contribution in [-0.2, 0) is 7.05 Å². The molecule has 1 saturated heterocycles. The van der Waals surface area contributed by atoms with Crippen molar-refractivity contribution in [3.8, 4) is 0 Å². The zero-order chi connectivity index (χ0) is 19.0. The number of nitrogens with one attached hydrogen (secondary N) is 1. The molecule has 9 heteroatoms. The van der Waals surface area contributed by atoms with E-state index < -0.39 is 0 Å². The van der Waals surface area contributed by atoms with Crippen LogP contribution in [0.4, 0.5) is 5.82 Å². The Bertz CT molecular complexity index is 1020. The van der Waals surface area contributed by atoms with Crippen LogP contribution in [0.3, 0.4) is 0 Å². The maximum absolute atomic E-state index is 11.8. The fourth-order valence-electron chi connectivity index (χ4n) is 3.18. The van der Waals surface area contributed by atoms with Crippen LogP contribution in [0.5, 0.6) is 0 Å². The van der Waals surface area contributed by atoms with Crippen LogP contribution in [0.15, 0.2) is 39.2 Å². The van der Waals surface area contributed by atoms with Gasteiger partial charge in [-0.15, -0.1) is 0 Å². The lowest BCUT2D eigenvalue weighted by molar-refractivity contribution is 0.258. The lowest BCUT2D eigenvalue weighted by atomic mass is 9.80. The summed E-state index contributed by atoms with van der Waals surface area (Å²) in [7, 11) is 1.73. The maximum atomic E-state index is 11.8. The molecule has 0 radical (unpaired) electrons. The zero-order valence-electron chi connectivity index (χ0n) is 15.5. The van der Waals surface area contributed by atoms with Gasteiger partial charge < -0.3 is 15.2 Å². The minimum absolute atomic E-state index is 0.0530. The summed E-state index contributed by atoms with van der Waals surface area (Å²) in [5.41, 5.74) is 7.44. The van der Waals surface area contributed by atoms with Crippen molar-refractivity contribution >= 4 is 28.7 Å². The summed E-state index contributed by atoms with van der Waals surface area (Å²) in [5.74, 6) is 0.857. The molecule has 4 rings (SSSR count). The minimum Gasteiger partial charge on any atom is -0.355 e. The van der Waals surface area contributed by atoms with E-state index in [1.54, 1.807) is 25.5 Å². The molecule has 142 valence electrons. The number of piperidine rings is 1. The smallest absolute Gasteiger partial charge is 0.251 e. The lowest BCUT2D eigenvalue weighted by Crippen LogP contribution is -2.42. The number of nitrogens with two attached hydrogens (primary N) is 1. The second kappa shape index (κ2) is 6.97. The van der Waals surface area contributed by atoms with Gasteiger partial charge in [0.25, 0.3) is 5.56 Å². The predicted octanol–water partition coefficient (Wildman–Crippen LogP) is 1.77. The maximum Gasteiger partial charge on any atom is 0.251 e. The number of nitrogens with zero attached hydrogens (tertiary/aromatic N) is 5. The van der Waals surface area contributed by atoms with Crippen molar-refractivity contribution in [2.24, 2.45) is 18.2 Å². The second-order valence-corrected chi connectivity index (χ2v) is 8.43. The Morgan fingerprint density at radius 3 is 2.85 bits per heavy atom. The topological polar surface area (TPSA) is 106 Å². The summed E-state index contributed by atoms with van der Waals surface area (Å²) in [6, 6.07) is 3.48. The largest absolute Gasteiger partial charge is 0.355 e. The molecule has 0 amide bonds. The van der Waals surface area contributed by atoms with Gasteiger partial charge in [0.1, 0.15) is 11.3 Å². The van der Waals surface area contributed by atoms with Crippen LogP contribution in [0.2, 0.25) is 0 Å². The van der Waals surface area contributed by atoms with Gasteiger partial charge in [-0.1, -0.05) is 18.7 Å². The fraction of sp³-hybridized carbons (Fsp3) is 0.444. The fourth-order valence-corrected chi connectivity index (χ4v) is 4.03. The Morgan fingerprint density at radius 2 is 2.15 bits per heavy atom. The summed E-state index contributed by atoms with van der Waals surface area (Å²) in [6.07, 6.45) is 5.65. The lowest BCUT2D eigenvalue weighted by Gasteiger charge is -2.39. The van der Waals surface area contributed by atoms with Gasteiger partial charge in [0, 0.05) is 37.3 Å². The monoisotopic (exact) mass is 385 g/mol. The van der Waals surface area contributed by atoms with Gasteiger partial charge in [-0.2, -0.15) is 5.10 Å². The number of pyridine rings is 1. The van der Waals surface area contributed by atoms with Crippen LogP contribution >= 0.6 is 11.8 Å². The molecule has 0 bridgehead atoms. The van der Waals surface area contributed by atoms with E-state index in [2.05, 4.69) is 27.0 Å². The number of aryl methyl sites for hydroxylation is 1. The van der Waals surface area contributed by atoms with Gasteiger partial charge in [-0.25, -0.2) is 9.97 Å². The molecule has 0 atom stereocenters. The Labute approximate surface area is 161 Å². The summed E-state index contributed by atoms with van der Waals surface area (Å²) in [5, 5.41) is 8.02. The first-order chi connectivity index (χ1) is 13.0. The molecule has 27 heavy (non-hydrogen) atoms. The first-order valence-electron chi connectivity index (χ1n) is 8.98.